The van der Waals surface area contributed by atoms with Crippen LogP contribution in [0.1, 0.15) is 71.4 Å². The lowest BCUT2D eigenvalue weighted by Gasteiger charge is -2.22. The highest BCUT2D eigenvalue weighted by Gasteiger charge is 2.29. The lowest BCUT2D eigenvalue weighted by Crippen LogP contribution is -2.22. The molecule has 0 saturated heterocycles. The van der Waals surface area contributed by atoms with Gasteiger partial charge in [-0.1, -0.05) is 88.3 Å². The van der Waals surface area contributed by atoms with Gasteiger partial charge in [0.25, 0.3) is 0 Å². The first-order valence-corrected chi connectivity index (χ1v) is 10.8. The molecule has 0 saturated carbocycles. The summed E-state index contributed by atoms with van der Waals surface area (Å²) in [5, 5.41) is 3.56. The van der Waals surface area contributed by atoms with Crippen LogP contribution in [0, 0.1) is 11.3 Å². The van der Waals surface area contributed by atoms with Gasteiger partial charge in [0.15, 0.2) is 0 Å². The third-order valence-electron chi connectivity index (χ3n) is 5.94. The summed E-state index contributed by atoms with van der Waals surface area (Å²) < 4.78 is 0. The Kier molecular flexibility index (Phi) is 7.92. The molecule has 0 bridgehead atoms. The van der Waals surface area contributed by atoms with Crippen LogP contribution in [0.2, 0.25) is 0 Å². The standard InChI is InChI=1S/C18H21N.C9H18/c1-3-13(2)12-19-16-9-8-15-10-14-6-4-5-7-17(14)18(15)11-16;1-6-7-8(2)9(3,4)5/h3-9,13,18-19H,1,10-12H2,2H3;7H,6H2,1-5H3/b;8-7+. The highest BCUT2D eigenvalue weighted by Crippen LogP contribution is 2.42. The van der Waals surface area contributed by atoms with Gasteiger partial charge in [-0.3, -0.25) is 0 Å². The smallest absolute Gasteiger partial charge is 0.0204 e. The number of rotatable bonds is 5. The highest BCUT2D eigenvalue weighted by molar-refractivity contribution is 5.49. The summed E-state index contributed by atoms with van der Waals surface area (Å²) in [7, 11) is 0. The van der Waals surface area contributed by atoms with Crippen molar-refractivity contribution in [2.75, 3.05) is 6.54 Å². The van der Waals surface area contributed by atoms with Crippen LogP contribution in [0.15, 0.2) is 72.0 Å². The van der Waals surface area contributed by atoms with Gasteiger partial charge in [-0.25, -0.2) is 0 Å². The summed E-state index contributed by atoms with van der Waals surface area (Å²) in [5.74, 6) is 1.12. The van der Waals surface area contributed by atoms with E-state index >= 15 is 0 Å². The molecule has 28 heavy (non-hydrogen) atoms. The molecular weight excluding hydrogens is 338 g/mol. The number of nitrogens with one attached hydrogen (secondary N) is 1. The van der Waals surface area contributed by atoms with Crippen LogP contribution < -0.4 is 5.32 Å². The Balaban J connectivity index is 0.000000266. The van der Waals surface area contributed by atoms with E-state index in [1.165, 1.54) is 22.4 Å². The number of allylic oxidation sites excluding steroid dienone is 6. The van der Waals surface area contributed by atoms with E-state index in [0.717, 1.165) is 25.8 Å². The van der Waals surface area contributed by atoms with Crippen LogP contribution in [0.4, 0.5) is 0 Å². The fourth-order valence-corrected chi connectivity index (χ4v) is 3.61. The zero-order chi connectivity index (χ0) is 20.7. The van der Waals surface area contributed by atoms with E-state index in [-0.39, 0.29) is 0 Å². The van der Waals surface area contributed by atoms with Gasteiger partial charge in [0, 0.05) is 18.2 Å². The fourth-order valence-electron chi connectivity index (χ4n) is 3.61. The van der Waals surface area contributed by atoms with Gasteiger partial charge in [-0.15, -0.1) is 6.58 Å². The average molecular weight is 378 g/mol. The number of hydrogen-bond donors (Lipinski definition) is 1. The zero-order valence-corrected chi connectivity index (χ0v) is 18.8. The van der Waals surface area contributed by atoms with Crippen molar-refractivity contribution in [3.63, 3.8) is 0 Å². The van der Waals surface area contributed by atoms with Gasteiger partial charge in [0.05, 0.1) is 0 Å². The molecule has 1 heteroatoms. The maximum atomic E-state index is 3.84. The third-order valence-corrected chi connectivity index (χ3v) is 5.94. The Morgan fingerprint density at radius 3 is 2.57 bits per heavy atom. The lowest BCUT2D eigenvalue weighted by molar-refractivity contribution is 0.502. The van der Waals surface area contributed by atoms with Crippen LogP contribution in [-0.2, 0) is 6.42 Å². The quantitative estimate of drug-likeness (QED) is 0.529. The Morgan fingerprint density at radius 1 is 1.25 bits per heavy atom. The first-order valence-electron chi connectivity index (χ1n) is 10.8. The third kappa shape index (κ3) is 5.99. The van der Waals surface area contributed by atoms with Gasteiger partial charge in [0.2, 0.25) is 0 Å². The molecule has 1 N–H and O–H groups in total. The van der Waals surface area contributed by atoms with Crippen LogP contribution in [-0.4, -0.2) is 6.54 Å². The SMILES string of the molecule is C=CC(C)CNC1=CC=C2Cc3ccccc3C2C1.CC/C=C(\C)C(C)(C)C. The molecule has 152 valence electrons. The molecule has 2 atom stereocenters. The first kappa shape index (κ1) is 22.3. The largest absolute Gasteiger partial charge is 0.388 e. The van der Waals surface area contributed by atoms with Crippen molar-refractivity contribution in [3.05, 3.63) is 83.1 Å². The minimum atomic E-state index is 0.371. The maximum Gasteiger partial charge on any atom is 0.0204 e. The van der Waals surface area contributed by atoms with Crippen molar-refractivity contribution in [3.8, 4) is 0 Å². The molecule has 2 aliphatic carbocycles. The highest BCUT2D eigenvalue weighted by atomic mass is 14.9. The zero-order valence-electron chi connectivity index (χ0n) is 18.8. The second-order valence-corrected chi connectivity index (χ2v) is 9.21. The van der Waals surface area contributed by atoms with Crippen molar-refractivity contribution in [1.29, 1.82) is 0 Å². The van der Waals surface area contributed by atoms with E-state index in [1.807, 2.05) is 6.08 Å². The number of hydrogen-bond acceptors (Lipinski definition) is 1. The second kappa shape index (κ2) is 9.96. The number of fused-ring (bicyclic) bond motifs is 3. The topological polar surface area (TPSA) is 12.0 Å². The molecule has 2 aliphatic rings. The summed E-state index contributed by atoms with van der Waals surface area (Å²) in [6.45, 7) is 18.1. The summed E-state index contributed by atoms with van der Waals surface area (Å²) in [6, 6.07) is 8.86. The van der Waals surface area contributed by atoms with E-state index in [2.05, 4.69) is 95.9 Å². The van der Waals surface area contributed by atoms with E-state index in [9.17, 15) is 0 Å². The summed E-state index contributed by atoms with van der Waals surface area (Å²) in [6.07, 6.45) is 12.3. The second-order valence-electron chi connectivity index (χ2n) is 9.21. The Morgan fingerprint density at radius 2 is 1.96 bits per heavy atom. The predicted molar refractivity (Wildman–Crippen MR) is 125 cm³/mol. The molecule has 1 nitrogen and oxygen atoms in total. The summed E-state index contributed by atoms with van der Waals surface area (Å²) in [4.78, 5) is 0. The molecule has 1 aromatic rings. The van der Waals surface area contributed by atoms with Crippen molar-refractivity contribution in [1.82, 2.24) is 5.32 Å². The van der Waals surface area contributed by atoms with E-state index in [0.29, 0.717) is 17.3 Å². The van der Waals surface area contributed by atoms with Gasteiger partial charge in [-0.2, -0.15) is 0 Å². The molecule has 0 amide bonds. The molecule has 0 aromatic heterocycles. The predicted octanol–water partition coefficient (Wildman–Crippen LogP) is 7.34. The molecule has 0 spiro atoms. The van der Waals surface area contributed by atoms with E-state index in [1.54, 1.807) is 5.57 Å². The molecule has 1 aromatic carbocycles. The Bertz CT molecular complexity index is 755. The monoisotopic (exact) mass is 377 g/mol. The van der Waals surface area contributed by atoms with E-state index < -0.39 is 0 Å². The van der Waals surface area contributed by atoms with Crippen LogP contribution in [0.3, 0.4) is 0 Å². The molecule has 3 rings (SSSR count). The fraction of sp³-hybridized carbons (Fsp3) is 0.481. The van der Waals surface area contributed by atoms with E-state index in [4.69, 9.17) is 0 Å². The van der Waals surface area contributed by atoms with Gasteiger partial charge >= 0.3 is 0 Å². The molecular formula is C27H39N. The van der Waals surface area contributed by atoms with Crippen LogP contribution in [0.5, 0.6) is 0 Å². The molecule has 0 aliphatic heterocycles. The van der Waals surface area contributed by atoms with Crippen molar-refractivity contribution >= 4 is 0 Å². The van der Waals surface area contributed by atoms with Crippen molar-refractivity contribution in [2.24, 2.45) is 11.3 Å². The molecule has 0 radical (unpaired) electrons. The molecule has 0 fully saturated rings. The Hall–Kier alpha value is -2.02. The number of benzene rings is 1. The van der Waals surface area contributed by atoms with Gasteiger partial charge in [0.1, 0.15) is 0 Å². The minimum Gasteiger partial charge on any atom is -0.388 e. The van der Waals surface area contributed by atoms with Crippen LogP contribution >= 0.6 is 0 Å². The van der Waals surface area contributed by atoms with Gasteiger partial charge < -0.3 is 5.32 Å². The molecule has 2 unspecified atom stereocenters. The maximum absolute atomic E-state index is 3.84. The normalized spacial score (nSPS) is 19.4. The Labute approximate surface area is 173 Å². The summed E-state index contributed by atoms with van der Waals surface area (Å²) in [5.41, 5.74) is 7.83. The average Bonchev–Trinajstić information content (AvgIpc) is 3.04. The minimum absolute atomic E-state index is 0.371. The first-order chi connectivity index (χ1) is 13.3. The summed E-state index contributed by atoms with van der Waals surface area (Å²) >= 11 is 0. The van der Waals surface area contributed by atoms with Crippen molar-refractivity contribution < 1.29 is 0 Å². The lowest BCUT2D eigenvalue weighted by atomic mass is 9.87. The molecule has 0 heterocycles. The van der Waals surface area contributed by atoms with Crippen LogP contribution in [0.25, 0.3) is 0 Å². The van der Waals surface area contributed by atoms with Crippen molar-refractivity contribution in [2.45, 2.75) is 66.7 Å². The van der Waals surface area contributed by atoms with Gasteiger partial charge in [-0.05, 0) is 54.7 Å².